The molecule has 0 fully saturated rings. The number of nitrogens with one attached hydrogen (secondary N) is 1. The molecule has 5 heteroatoms. The molecule has 0 amide bonds. The Labute approximate surface area is 80.6 Å². The number of rotatable bonds is 3. The molecule has 1 rings (SSSR count). The number of aromatic amines is 1. The highest BCUT2D eigenvalue weighted by atomic mass is 16.2. The second-order valence-electron chi connectivity index (χ2n) is 2.94. The Morgan fingerprint density at radius 1 is 1.57 bits per heavy atom. The highest BCUT2D eigenvalue weighted by Crippen LogP contribution is 1.94. The minimum Gasteiger partial charge on any atom is -0.285 e. The third-order valence-corrected chi connectivity index (χ3v) is 1.88. The molecule has 0 saturated carbocycles. The molecular weight excluding hydrogens is 182 g/mol. The SMILES string of the molecule is CCCCn1c(C#N)cc(=O)[nH]c1=O. The molecule has 1 aromatic heterocycles. The fraction of sp³-hybridized carbons (Fsp3) is 0.444. The highest BCUT2D eigenvalue weighted by Gasteiger charge is 2.03. The van der Waals surface area contributed by atoms with Crippen LogP contribution in [0.5, 0.6) is 0 Å². The molecule has 0 aliphatic heterocycles. The summed E-state index contributed by atoms with van der Waals surface area (Å²) in [7, 11) is 0. The van der Waals surface area contributed by atoms with Crippen LogP contribution in [0.3, 0.4) is 0 Å². The predicted octanol–water partition coefficient (Wildman–Crippen LogP) is 0.208. The molecular formula is C9H11N3O2. The molecule has 14 heavy (non-hydrogen) atoms. The van der Waals surface area contributed by atoms with Gasteiger partial charge < -0.3 is 0 Å². The smallest absolute Gasteiger partial charge is 0.285 e. The van der Waals surface area contributed by atoms with Crippen molar-refractivity contribution in [2.24, 2.45) is 0 Å². The number of hydrogen-bond acceptors (Lipinski definition) is 3. The third-order valence-electron chi connectivity index (χ3n) is 1.88. The molecule has 74 valence electrons. The maximum Gasteiger partial charge on any atom is 0.329 e. The first-order valence-corrected chi connectivity index (χ1v) is 4.43. The van der Waals surface area contributed by atoms with Crippen LogP contribution in [-0.2, 0) is 6.54 Å². The topological polar surface area (TPSA) is 78.7 Å². The van der Waals surface area contributed by atoms with Crippen LogP contribution in [0.25, 0.3) is 0 Å². The summed E-state index contributed by atoms with van der Waals surface area (Å²) >= 11 is 0. The molecule has 1 heterocycles. The molecule has 0 radical (unpaired) electrons. The number of nitrogens with zero attached hydrogens (tertiary/aromatic N) is 2. The monoisotopic (exact) mass is 193 g/mol. The lowest BCUT2D eigenvalue weighted by Crippen LogP contribution is -2.31. The number of aromatic nitrogens is 2. The number of nitriles is 1. The van der Waals surface area contributed by atoms with Crippen LogP contribution in [0.1, 0.15) is 25.5 Å². The van der Waals surface area contributed by atoms with E-state index in [1.807, 2.05) is 13.0 Å². The van der Waals surface area contributed by atoms with E-state index in [0.717, 1.165) is 18.9 Å². The Morgan fingerprint density at radius 2 is 2.29 bits per heavy atom. The second kappa shape index (κ2) is 4.42. The summed E-state index contributed by atoms with van der Waals surface area (Å²) in [5.41, 5.74) is -0.922. The van der Waals surface area contributed by atoms with Gasteiger partial charge in [-0.2, -0.15) is 5.26 Å². The van der Waals surface area contributed by atoms with Crippen molar-refractivity contribution < 1.29 is 0 Å². The lowest BCUT2D eigenvalue weighted by Gasteiger charge is -2.04. The van der Waals surface area contributed by atoms with E-state index >= 15 is 0 Å². The zero-order valence-corrected chi connectivity index (χ0v) is 7.91. The summed E-state index contributed by atoms with van der Waals surface area (Å²) in [5, 5.41) is 8.70. The Morgan fingerprint density at radius 3 is 2.86 bits per heavy atom. The Balaban J connectivity index is 3.21. The van der Waals surface area contributed by atoms with Crippen molar-refractivity contribution in [1.29, 1.82) is 5.26 Å². The van der Waals surface area contributed by atoms with E-state index in [2.05, 4.69) is 4.98 Å². The van der Waals surface area contributed by atoms with Gasteiger partial charge in [-0.05, 0) is 6.42 Å². The first-order valence-electron chi connectivity index (χ1n) is 4.43. The maximum atomic E-state index is 11.3. The third kappa shape index (κ3) is 2.10. The second-order valence-corrected chi connectivity index (χ2v) is 2.94. The Hall–Kier alpha value is -1.83. The molecule has 0 aliphatic carbocycles. The number of H-pyrrole nitrogens is 1. The van der Waals surface area contributed by atoms with E-state index in [1.165, 1.54) is 4.57 Å². The van der Waals surface area contributed by atoms with E-state index in [4.69, 9.17) is 5.26 Å². The molecule has 0 unspecified atom stereocenters. The van der Waals surface area contributed by atoms with Crippen molar-refractivity contribution in [2.75, 3.05) is 0 Å². The van der Waals surface area contributed by atoms with Gasteiger partial charge in [0.1, 0.15) is 11.8 Å². The largest absolute Gasteiger partial charge is 0.329 e. The lowest BCUT2D eigenvalue weighted by molar-refractivity contribution is 0.590. The molecule has 1 N–H and O–H groups in total. The number of hydrogen-bond donors (Lipinski definition) is 1. The van der Waals surface area contributed by atoms with Crippen LogP contribution < -0.4 is 11.2 Å². The van der Waals surface area contributed by atoms with Crippen molar-refractivity contribution in [1.82, 2.24) is 9.55 Å². The van der Waals surface area contributed by atoms with Gasteiger partial charge in [0.15, 0.2) is 0 Å². The van der Waals surface area contributed by atoms with Crippen LogP contribution in [-0.4, -0.2) is 9.55 Å². The first-order chi connectivity index (χ1) is 6.69. The maximum absolute atomic E-state index is 11.3. The zero-order chi connectivity index (χ0) is 10.6. The van der Waals surface area contributed by atoms with Crippen molar-refractivity contribution in [2.45, 2.75) is 26.3 Å². The van der Waals surface area contributed by atoms with Gasteiger partial charge >= 0.3 is 5.69 Å². The minimum absolute atomic E-state index is 0.118. The van der Waals surface area contributed by atoms with Crippen molar-refractivity contribution >= 4 is 0 Å². The van der Waals surface area contributed by atoms with Crippen LogP contribution in [0, 0.1) is 11.3 Å². The molecule has 0 aromatic carbocycles. The lowest BCUT2D eigenvalue weighted by atomic mass is 10.3. The molecule has 0 saturated heterocycles. The summed E-state index contributed by atoms with van der Waals surface area (Å²) in [6.07, 6.45) is 1.73. The van der Waals surface area contributed by atoms with Gasteiger partial charge in [0.2, 0.25) is 0 Å². The zero-order valence-electron chi connectivity index (χ0n) is 7.91. The van der Waals surface area contributed by atoms with Gasteiger partial charge in [-0.1, -0.05) is 13.3 Å². The summed E-state index contributed by atoms with van der Waals surface area (Å²) in [6.45, 7) is 2.46. The van der Waals surface area contributed by atoms with Crippen molar-refractivity contribution in [3.63, 3.8) is 0 Å². The Kier molecular flexibility index (Phi) is 3.24. The van der Waals surface area contributed by atoms with Crippen LogP contribution >= 0.6 is 0 Å². The van der Waals surface area contributed by atoms with Crippen LogP contribution in [0.2, 0.25) is 0 Å². The van der Waals surface area contributed by atoms with E-state index < -0.39 is 11.2 Å². The van der Waals surface area contributed by atoms with Crippen molar-refractivity contribution in [3.8, 4) is 6.07 Å². The predicted molar refractivity (Wildman–Crippen MR) is 50.9 cm³/mol. The summed E-state index contributed by atoms with van der Waals surface area (Å²) in [5.74, 6) is 0. The quantitative estimate of drug-likeness (QED) is 0.745. The van der Waals surface area contributed by atoms with E-state index in [0.29, 0.717) is 6.54 Å². The summed E-state index contributed by atoms with van der Waals surface area (Å²) in [4.78, 5) is 24.3. The van der Waals surface area contributed by atoms with Gasteiger partial charge in [-0.3, -0.25) is 14.3 Å². The van der Waals surface area contributed by atoms with E-state index in [-0.39, 0.29) is 5.69 Å². The fourth-order valence-electron chi connectivity index (χ4n) is 1.15. The van der Waals surface area contributed by atoms with Gasteiger partial charge in [0, 0.05) is 12.6 Å². The summed E-state index contributed by atoms with van der Waals surface area (Å²) in [6, 6.07) is 2.97. The molecule has 1 aromatic rings. The van der Waals surface area contributed by atoms with Gasteiger partial charge in [-0.25, -0.2) is 4.79 Å². The van der Waals surface area contributed by atoms with E-state index in [1.54, 1.807) is 0 Å². The molecule has 0 spiro atoms. The average molecular weight is 193 g/mol. The molecule has 5 nitrogen and oxygen atoms in total. The minimum atomic E-state index is -0.528. The van der Waals surface area contributed by atoms with Crippen molar-refractivity contribution in [3.05, 3.63) is 32.6 Å². The van der Waals surface area contributed by atoms with Crippen LogP contribution in [0.15, 0.2) is 15.7 Å². The Bertz CT molecular complexity index is 464. The molecule has 0 atom stereocenters. The number of unbranched alkanes of at least 4 members (excludes halogenated alkanes) is 1. The summed E-state index contributed by atoms with van der Waals surface area (Å²) < 4.78 is 1.28. The standard InChI is InChI=1S/C9H11N3O2/c1-2-3-4-12-7(6-10)5-8(13)11-9(12)14/h5H,2-4H2,1H3,(H,11,13,14). The van der Waals surface area contributed by atoms with E-state index in [9.17, 15) is 9.59 Å². The first kappa shape index (κ1) is 10.3. The van der Waals surface area contributed by atoms with Gasteiger partial charge in [-0.15, -0.1) is 0 Å². The molecule has 0 bridgehead atoms. The van der Waals surface area contributed by atoms with Gasteiger partial charge in [0.05, 0.1) is 0 Å². The highest BCUT2D eigenvalue weighted by molar-refractivity contribution is 5.18. The average Bonchev–Trinajstić information content (AvgIpc) is 2.15. The normalized spacial score (nSPS) is 9.71. The molecule has 0 aliphatic rings. The fourth-order valence-corrected chi connectivity index (χ4v) is 1.15. The van der Waals surface area contributed by atoms with Gasteiger partial charge in [0.25, 0.3) is 5.56 Å². The van der Waals surface area contributed by atoms with Crippen LogP contribution in [0.4, 0.5) is 0 Å².